The minimum Gasteiger partial charge on any atom is -0.497 e. The summed E-state index contributed by atoms with van der Waals surface area (Å²) in [6, 6.07) is 17.4. The summed E-state index contributed by atoms with van der Waals surface area (Å²) >= 11 is 0. The molecule has 0 saturated carbocycles. The van der Waals surface area contributed by atoms with Crippen molar-refractivity contribution in [3.8, 4) is 5.75 Å². The highest BCUT2D eigenvalue weighted by Crippen LogP contribution is 2.23. The fourth-order valence-electron chi connectivity index (χ4n) is 4.16. The van der Waals surface area contributed by atoms with Gasteiger partial charge in [-0.05, 0) is 49.2 Å². The van der Waals surface area contributed by atoms with Gasteiger partial charge in [-0.15, -0.1) is 0 Å². The van der Waals surface area contributed by atoms with Gasteiger partial charge in [0.05, 0.1) is 19.1 Å². The number of nitrogens with zero attached hydrogens (tertiary/aromatic N) is 2. The van der Waals surface area contributed by atoms with Crippen molar-refractivity contribution in [1.29, 1.82) is 0 Å². The Bertz CT molecular complexity index is 1430. The molecule has 0 aliphatic rings. The molecule has 0 bridgehead atoms. The second-order valence-corrected chi connectivity index (χ2v) is 11.5. The molecular formula is C29H33F2N3O5S. The number of halogens is 2. The fraction of sp³-hybridized carbons (Fsp3) is 0.310. The monoisotopic (exact) mass is 573 g/mol. The number of anilines is 1. The molecule has 0 aliphatic heterocycles. The summed E-state index contributed by atoms with van der Waals surface area (Å²) in [6.45, 7) is 2.79. The summed E-state index contributed by atoms with van der Waals surface area (Å²) in [6.07, 6.45) is 1.01. The van der Waals surface area contributed by atoms with Crippen molar-refractivity contribution >= 4 is 27.5 Å². The van der Waals surface area contributed by atoms with Crippen molar-refractivity contribution in [1.82, 2.24) is 10.2 Å². The third kappa shape index (κ3) is 8.25. The maximum Gasteiger partial charge on any atom is 0.244 e. The summed E-state index contributed by atoms with van der Waals surface area (Å²) in [4.78, 5) is 28.7. The number of sulfonamides is 1. The summed E-state index contributed by atoms with van der Waals surface area (Å²) < 4.78 is 59.0. The van der Waals surface area contributed by atoms with Gasteiger partial charge in [-0.3, -0.25) is 13.9 Å². The van der Waals surface area contributed by atoms with Crippen LogP contribution >= 0.6 is 0 Å². The number of amides is 2. The smallest absolute Gasteiger partial charge is 0.244 e. The third-order valence-electron chi connectivity index (χ3n) is 6.06. The molecule has 1 atom stereocenters. The van der Waals surface area contributed by atoms with E-state index in [-0.39, 0.29) is 24.7 Å². The van der Waals surface area contributed by atoms with Crippen LogP contribution in [0.3, 0.4) is 0 Å². The number of methoxy groups -OCH3 is 1. The van der Waals surface area contributed by atoms with Crippen molar-refractivity contribution in [3.63, 3.8) is 0 Å². The zero-order chi connectivity index (χ0) is 29.4. The quantitative estimate of drug-likeness (QED) is 0.355. The van der Waals surface area contributed by atoms with Crippen molar-refractivity contribution in [2.75, 3.05) is 24.2 Å². The maximum absolute atomic E-state index is 14.0. The number of carbonyl (C=O) groups excluding carboxylic acids is 2. The van der Waals surface area contributed by atoms with Crippen molar-refractivity contribution < 1.29 is 31.5 Å². The lowest BCUT2D eigenvalue weighted by Crippen LogP contribution is -2.54. The molecule has 11 heteroatoms. The fourth-order valence-corrected chi connectivity index (χ4v) is 5.00. The van der Waals surface area contributed by atoms with Crippen LogP contribution in [0.5, 0.6) is 5.75 Å². The SMILES string of the molecule is COc1cccc(CN(C(=O)CN(c2ccc(F)c(F)c2)S(C)(=O)=O)[C@H](Cc2ccccc2)C(=O)NC(C)C)c1. The van der Waals surface area contributed by atoms with E-state index >= 15 is 0 Å². The molecule has 3 rings (SSSR count). The lowest BCUT2D eigenvalue weighted by molar-refractivity contribution is -0.140. The molecule has 0 fully saturated rings. The first-order valence-corrected chi connectivity index (χ1v) is 14.4. The summed E-state index contributed by atoms with van der Waals surface area (Å²) in [5, 5.41) is 2.86. The first kappa shape index (κ1) is 30.6. The average Bonchev–Trinajstić information content (AvgIpc) is 2.90. The van der Waals surface area contributed by atoms with Crippen LogP contribution in [-0.4, -0.2) is 57.1 Å². The topological polar surface area (TPSA) is 96.0 Å². The van der Waals surface area contributed by atoms with E-state index in [0.29, 0.717) is 21.7 Å². The van der Waals surface area contributed by atoms with Crippen LogP contribution in [-0.2, 0) is 32.6 Å². The molecule has 8 nitrogen and oxygen atoms in total. The van der Waals surface area contributed by atoms with Crippen LogP contribution in [0.1, 0.15) is 25.0 Å². The Labute approximate surface area is 233 Å². The predicted octanol–water partition coefficient (Wildman–Crippen LogP) is 3.90. The minimum atomic E-state index is -4.11. The molecule has 0 radical (unpaired) electrons. The van der Waals surface area contributed by atoms with Gasteiger partial charge in [0, 0.05) is 25.1 Å². The van der Waals surface area contributed by atoms with Gasteiger partial charge in [-0.2, -0.15) is 0 Å². The first-order chi connectivity index (χ1) is 18.9. The number of carbonyl (C=O) groups is 2. The molecule has 3 aromatic carbocycles. The van der Waals surface area contributed by atoms with Crippen LogP contribution in [0.2, 0.25) is 0 Å². The standard InChI is InChI=1S/C29H33F2N3O5S/c1-20(2)32-29(36)27(16-21-9-6-5-7-10-21)33(18-22-11-8-12-24(15-22)39-3)28(35)19-34(40(4,37)38)23-13-14-25(30)26(31)17-23/h5-15,17,20,27H,16,18-19H2,1-4H3,(H,32,36)/t27-/m1/s1. The number of ether oxygens (including phenoxy) is 1. The normalized spacial score (nSPS) is 12.1. The highest BCUT2D eigenvalue weighted by molar-refractivity contribution is 7.92. The van der Waals surface area contributed by atoms with Gasteiger partial charge >= 0.3 is 0 Å². The lowest BCUT2D eigenvalue weighted by atomic mass is 10.0. The molecule has 1 N–H and O–H groups in total. The van der Waals surface area contributed by atoms with E-state index in [4.69, 9.17) is 4.74 Å². The van der Waals surface area contributed by atoms with E-state index in [1.807, 2.05) is 30.3 Å². The second-order valence-electron chi connectivity index (χ2n) is 9.61. The van der Waals surface area contributed by atoms with Crippen molar-refractivity contribution in [3.05, 3.63) is 95.6 Å². The van der Waals surface area contributed by atoms with Gasteiger partial charge in [-0.1, -0.05) is 42.5 Å². The Morgan fingerprint density at radius 1 is 0.925 bits per heavy atom. The third-order valence-corrected chi connectivity index (χ3v) is 7.20. The largest absolute Gasteiger partial charge is 0.497 e. The molecule has 0 saturated heterocycles. The first-order valence-electron chi connectivity index (χ1n) is 12.6. The van der Waals surface area contributed by atoms with Gasteiger partial charge < -0.3 is 15.0 Å². The van der Waals surface area contributed by atoms with E-state index < -0.39 is 46.1 Å². The van der Waals surface area contributed by atoms with Gasteiger partial charge in [0.25, 0.3) is 0 Å². The Hall–Kier alpha value is -3.99. The van der Waals surface area contributed by atoms with Gasteiger partial charge in [-0.25, -0.2) is 17.2 Å². The van der Waals surface area contributed by atoms with Crippen molar-refractivity contribution in [2.24, 2.45) is 0 Å². The second kappa shape index (κ2) is 13.4. The van der Waals surface area contributed by atoms with Crippen LogP contribution < -0.4 is 14.4 Å². The minimum absolute atomic E-state index is 0.0472. The Kier molecular flexibility index (Phi) is 10.2. The zero-order valence-corrected chi connectivity index (χ0v) is 23.6. The molecule has 0 spiro atoms. The Balaban J connectivity index is 2.08. The predicted molar refractivity (Wildman–Crippen MR) is 149 cm³/mol. The van der Waals surface area contributed by atoms with Crippen LogP contribution in [0.25, 0.3) is 0 Å². The van der Waals surface area contributed by atoms with Gasteiger partial charge in [0.2, 0.25) is 21.8 Å². The molecule has 3 aromatic rings. The summed E-state index contributed by atoms with van der Waals surface area (Å²) in [5.41, 5.74) is 1.21. The number of rotatable bonds is 12. The average molecular weight is 574 g/mol. The lowest BCUT2D eigenvalue weighted by Gasteiger charge is -2.34. The van der Waals surface area contributed by atoms with Gasteiger partial charge in [0.1, 0.15) is 18.3 Å². The molecule has 0 heterocycles. The van der Waals surface area contributed by atoms with E-state index in [1.165, 1.54) is 12.0 Å². The molecule has 214 valence electrons. The molecule has 0 aromatic heterocycles. The Morgan fingerprint density at radius 2 is 1.60 bits per heavy atom. The summed E-state index contributed by atoms with van der Waals surface area (Å²) in [5.74, 6) is -3.01. The molecule has 0 unspecified atom stereocenters. The van der Waals surface area contributed by atoms with E-state index in [2.05, 4.69) is 5.32 Å². The molecule has 40 heavy (non-hydrogen) atoms. The maximum atomic E-state index is 14.0. The molecule has 0 aliphatic carbocycles. The number of nitrogens with one attached hydrogen (secondary N) is 1. The zero-order valence-electron chi connectivity index (χ0n) is 22.8. The van der Waals surface area contributed by atoms with Crippen LogP contribution in [0.15, 0.2) is 72.8 Å². The number of hydrogen-bond donors (Lipinski definition) is 1. The summed E-state index contributed by atoms with van der Waals surface area (Å²) in [7, 11) is -2.61. The van der Waals surface area contributed by atoms with Crippen LogP contribution in [0.4, 0.5) is 14.5 Å². The van der Waals surface area contributed by atoms with E-state index in [9.17, 15) is 26.8 Å². The molecule has 2 amide bonds. The Morgan fingerprint density at radius 3 is 2.20 bits per heavy atom. The highest BCUT2D eigenvalue weighted by Gasteiger charge is 2.33. The van der Waals surface area contributed by atoms with Gasteiger partial charge in [0.15, 0.2) is 11.6 Å². The van der Waals surface area contributed by atoms with Crippen LogP contribution in [0, 0.1) is 11.6 Å². The van der Waals surface area contributed by atoms with E-state index in [1.54, 1.807) is 38.1 Å². The molecular weight excluding hydrogens is 540 g/mol. The highest BCUT2D eigenvalue weighted by atomic mass is 32.2. The number of benzene rings is 3. The van der Waals surface area contributed by atoms with E-state index in [0.717, 1.165) is 24.0 Å². The van der Waals surface area contributed by atoms with Crippen molar-refractivity contribution in [2.45, 2.75) is 38.9 Å². The number of hydrogen-bond acceptors (Lipinski definition) is 5.